The Morgan fingerprint density at radius 2 is 1.75 bits per heavy atom. The van der Waals surface area contributed by atoms with E-state index in [4.69, 9.17) is 4.74 Å². The third-order valence-corrected chi connectivity index (χ3v) is 5.60. The predicted molar refractivity (Wildman–Crippen MR) is 110 cm³/mol. The van der Waals surface area contributed by atoms with E-state index in [0.29, 0.717) is 4.80 Å². The molecule has 0 aliphatic heterocycles. The number of fused-ring (bicyclic) bond motifs is 2. The van der Waals surface area contributed by atoms with Gasteiger partial charge in [-0.05, 0) is 28.5 Å². The summed E-state index contributed by atoms with van der Waals surface area (Å²) >= 11 is 1.39. The molecule has 0 saturated heterocycles. The van der Waals surface area contributed by atoms with Gasteiger partial charge < -0.3 is 9.30 Å². The number of hydrogen-bond donors (Lipinski definition) is 0. The van der Waals surface area contributed by atoms with Gasteiger partial charge in [0.1, 0.15) is 6.54 Å². The highest BCUT2D eigenvalue weighted by molar-refractivity contribution is 7.16. The van der Waals surface area contributed by atoms with Crippen LogP contribution in [0.15, 0.2) is 71.7 Å². The molecule has 0 unspecified atom stereocenters. The smallest absolute Gasteiger partial charge is 0.325 e. The van der Waals surface area contributed by atoms with E-state index in [9.17, 15) is 9.59 Å². The number of ether oxygens (including phenoxy) is 1. The summed E-state index contributed by atoms with van der Waals surface area (Å²) in [7, 11) is 1.35. The summed E-state index contributed by atoms with van der Waals surface area (Å²) in [5, 5.41) is 2.14. The fourth-order valence-corrected chi connectivity index (χ4v) is 4.26. The largest absolute Gasteiger partial charge is 0.468 e. The number of carbonyl (C=O) groups excluding carboxylic acids is 2. The van der Waals surface area contributed by atoms with Crippen molar-refractivity contribution in [3.8, 4) is 0 Å². The van der Waals surface area contributed by atoms with Crippen molar-refractivity contribution in [2.75, 3.05) is 7.11 Å². The molecule has 0 radical (unpaired) electrons. The third-order valence-electron chi connectivity index (χ3n) is 4.55. The first-order valence-electron chi connectivity index (χ1n) is 8.85. The maximum absolute atomic E-state index is 12.7. The summed E-state index contributed by atoms with van der Waals surface area (Å²) in [5.74, 6) is -0.631. The maximum Gasteiger partial charge on any atom is 0.325 e. The molecule has 6 heteroatoms. The molecule has 4 rings (SSSR count). The number of methoxy groups -OCH3 is 1. The van der Waals surface area contributed by atoms with Crippen molar-refractivity contribution in [3.05, 3.63) is 77.1 Å². The molecule has 28 heavy (non-hydrogen) atoms. The van der Waals surface area contributed by atoms with Crippen molar-refractivity contribution in [3.63, 3.8) is 0 Å². The molecule has 3 aromatic carbocycles. The predicted octanol–water partition coefficient (Wildman–Crippen LogP) is 3.70. The second-order valence-corrected chi connectivity index (χ2v) is 7.34. The van der Waals surface area contributed by atoms with E-state index in [1.807, 2.05) is 66.7 Å². The van der Waals surface area contributed by atoms with E-state index in [1.54, 1.807) is 4.57 Å². The Kier molecular flexibility index (Phi) is 5.04. The standard InChI is InChI=1S/C22H18N2O3S/c1-27-21(26)14-24-18-11-4-5-12-19(18)28-22(24)23-20(25)13-16-9-6-8-15-7-2-3-10-17(15)16/h2-12H,13-14H2,1H3. The fourth-order valence-electron chi connectivity index (χ4n) is 3.21. The molecule has 4 aromatic rings. The van der Waals surface area contributed by atoms with Crippen LogP contribution in [0.4, 0.5) is 0 Å². The summed E-state index contributed by atoms with van der Waals surface area (Å²) < 4.78 is 7.48. The first-order chi connectivity index (χ1) is 13.7. The molecule has 1 aromatic heterocycles. The van der Waals surface area contributed by atoms with E-state index in [2.05, 4.69) is 4.99 Å². The van der Waals surface area contributed by atoms with Crippen LogP contribution in [-0.4, -0.2) is 23.6 Å². The van der Waals surface area contributed by atoms with Gasteiger partial charge >= 0.3 is 5.97 Å². The van der Waals surface area contributed by atoms with Gasteiger partial charge in [0.25, 0.3) is 5.91 Å². The van der Waals surface area contributed by atoms with Crippen LogP contribution in [0.1, 0.15) is 5.56 Å². The first kappa shape index (κ1) is 18.1. The summed E-state index contributed by atoms with van der Waals surface area (Å²) in [6.45, 7) is 0.0148. The Balaban J connectivity index is 1.73. The van der Waals surface area contributed by atoms with Crippen LogP contribution in [0.5, 0.6) is 0 Å². The van der Waals surface area contributed by atoms with Crippen LogP contribution in [0.25, 0.3) is 21.0 Å². The molecule has 0 saturated carbocycles. The second kappa shape index (κ2) is 7.78. The lowest BCUT2D eigenvalue weighted by molar-refractivity contribution is -0.141. The van der Waals surface area contributed by atoms with E-state index in [-0.39, 0.29) is 24.8 Å². The lowest BCUT2D eigenvalue weighted by Gasteiger charge is -2.05. The summed E-state index contributed by atoms with van der Waals surface area (Å²) in [5.41, 5.74) is 1.79. The Morgan fingerprint density at radius 1 is 1.00 bits per heavy atom. The van der Waals surface area contributed by atoms with Crippen molar-refractivity contribution in [2.24, 2.45) is 4.99 Å². The first-order valence-corrected chi connectivity index (χ1v) is 9.67. The molecule has 5 nitrogen and oxygen atoms in total. The Hall–Kier alpha value is -3.25. The van der Waals surface area contributed by atoms with E-state index >= 15 is 0 Å². The Morgan fingerprint density at radius 3 is 2.61 bits per heavy atom. The van der Waals surface area contributed by atoms with Gasteiger partial charge in [0, 0.05) is 0 Å². The zero-order valence-electron chi connectivity index (χ0n) is 15.3. The number of amides is 1. The monoisotopic (exact) mass is 390 g/mol. The van der Waals surface area contributed by atoms with Crippen molar-refractivity contribution < 1.29 is 14.3 Å². The lowest BCUT2D eigenvalue weighted by atomic mass is 10.0. The molecule has 1 amide bonds. The molecule has 0 atom stereocenters. The third kappa shape index (κ3) is 3.59. The molecular formula is C22H18N2O3S. The van der Waals surface area contributed by atoms with Crippen LogP contribution >= 0.6 is 11.3 Å². The highest BCUT2D eigenvalue weighted by Gasteiger charge is 2.12. The van der Waals surface area contributed by atoms with Gasteiger partial charge in [-0.3, -0.25) is 9.59 Å². The van der Waals surface area contributed by atoms with Gasteiger partial charge in [-0.1, -0.05) is 65.9 Å². The zero-order chi connectivity index (χ0) is 19.5. The number of para-hydroxylation sites is 1. The topological polar surface area (TPSA) is 60.7 Å². The van der Waals surface area contributed by atoms with Crippen LogP contribution in [0.3, 0.4) is 0 Å². The number of hydrogen-bond acceptors (Lipinski definition) is 4. The van der Waals surface area contributed by atoms with E-state index < -0.39 is 0 Å². The fraction of sp³-hybridized carbons (Fsp3) is 0.136. The van der Waals surface area contributed by atoms with Gasteiger partial charge in [-0.2, -0.15) is 4.99 Å². The molecule has 0 aliphatic rings. The van der Waals surface area contributed by atoms with Gasteiger partial charge in [-0.25, -0.2) is 0 Å². The highest BCUT2D eigenvalue weighted by atomic mass is 32.1. The average Bonchev–Trinajstić information content (AvgIpc) is 3.05. The van der Waals surface area contributed by atoms with Crippen LogP contribution in [0, 0.1) is 0 Å². The number of aromatic nitrogens is 1. The van der Waals surface area contributed by atoms with Crippen molar-refractivity contribution in [2.45, 2.75) is 13.0 Å². The normalized spacial score (nSPS) is 11.8. The van der Waals surface area contributed by atoms with Crippen molar-refractivity contribution in [1.29, 1.82) is 0 Å². The summed E-state index contributed by atoms with van der Waals surface area (Å²) in [6, 6.07) is 21.6. The number of carbonyl (C=O) groups is 2. The van der Waals surface area contributed by atoms with Crippen LogP contribution in [0.2, 0.25) is 0 Å². The number of benzene rings is 3. The number of thiazole rings is 1. The van der Waals surface area contributed by atoms with E-state index in [0.717, 1.165) is 26.6 Å². The minimum absolute atomic E-state index is 0.0148. The van der Waals surface area contributed by atoms with Crippen molar-refractivity contribution >= 4 is 44.2 Å². The molecular weight excluding hydrogens is 372 g/mol. The minimum Gasteiger partial charge on any atom is -0.468 e. The molecule has 0 bridgehead atoms. The number of nitrogens with zero attached hydrogens (tertiary/aromatic N) is 2. The second-order valence-electron chi connectivity index (χ2n) is 6.34. The van der Waals surface area contributed by atoms with E-state index in [1.165, 1.54) is 18.4 Å². The van der Waals surface area contributed by atoms with Gasteiger partial charge in [-0.15, -0.1) is 0 Å². The van der Waals surface area contributed by atoms with Crippen LogP contribution < -0.4 is 4.80 Å². The molecule has 0 fully saturated rings. The van der Waals surface area contributed by atoms with Gasteiger partial charge in [0.2, 0.25) is 0 Å². The highest BCUT2D eigenvalue weighted by Crippen LogP contribution is 2.20. The molecule has 0 aliphatic carbocycles. The Labute approximate surface area is 165 Å². The lowest BCUT2D eigenvalue weighted by Crippen LogP contribution is -2.22. The Bertz CT molecular complexity index is 1250. The van der Waals surface area contributed by atoms with Crippen LogP contribution in [-0.2, 0) is 27.3 Å². The SMILES string of the molecule is COC(=O)Cn1c(=NC(=O)Cc2cccc3ccccc23)sc2ccccc21. The average molecular weight is 390 g/mol. The molecule has 1 heterocycles. The van der Waals surface area contributed by atoms with Gasteiger partial charge in [0.05, 0.1) is 23.7 Å². The summed E-state index contributed by atoms with van der Waals surface area (Å²) in [6.07, 6.45) is 0.202. The zero-order valence-corrected chi connectivity index (χ0v) is 16.1. The maximum atomic E-state index is 12.7. The van der Waals surface area contributed by atoms with Gasteiger partial charge in [0.15, 0.2) is 4.80 Å². The number of rotatable bonds is 4. The molecule has 0 spiro atoms. The quantitative estimate of drug-likeness (QED) is 0.499. The summed E-state index contributed by atoms with van der Waals surface area (Å²) in [4.78, 5) is 29.4. The number of esters is 1. The molecule has 140 valence electrons. The molecule has 0 N–H and O–H groups in total. The van der Waals surface area contributed by atoms with Crippen molar-refractivity contribution in [1.82, 2.24) is 4.57 Å². The minimum atomic E-state index is -0.383.